The molecule has 0 radical (unpaired) electrons. The number of carbonyl (C=O) groups is 3. The van der Waals surface area contributed by atoms with Gasteiger partial charge in [-0.25, -0.2) is 0 Å². The van der Waals surface area contributed by atoms with Crippen molar-refractivity contribution in [2.45, 2.75) is 406 Å². The maximum atomic E-state index is 12.9. The third-order valence-corrected chi connectivity index (χ3v) is 16.4. The third kappa shape index (κ3) is 66.4. The van der Waals surface area contributed by atoms with Crippen LogP contribution in [0.2, 0.25) is 0 Å². The van der Waals surface area contributed by atoms with Gasteiger partial charge in [-0.15, -0.1) is 0 Å². The maximum Gasteiger partial charge on any atom is 0.306 e. The normalized spacial score (nSPS) is 12.2. The van der Waals surface area contributed by atoms with Crippen LogP contribution in [0.5, 0.6) is 0 Å². The zero-order valence-electron chi connectivity index (χ0n) is 54.1. The summed E-state index contributed by atoms with van der Waals surface area (Å²) in [6, 6.07) is 0. The first-order valence-corrected chi connectivity index (χ1v) is 36.0. The van der Waals surface area contributed by atoms with Crippen LogP contribution in [0, 0.1) is 0 Å². The Morgan fingerprint density at radius 3 is 0.713 bits per heavy atom. The minimum absolute atomic E-state index is 0.0737. The highest BCUT2D eigenvalue weighted by Gasteiger charge is 2.19. The second-order valence-corrected chi connectivity index (χ2v) is 24.5. The smallest absolute Gasteiger partial charge is 0.306 e. The van der Waals surface area contributed by atoms with Crippen molar-refractivity contribution >= 4 is 17.9 Å². The van der Waals surface area contributed by atoms with Crippen molar-refractivity contribution in [3.63, 3.8) is 0 Å². The molecule has 0 aliphatic carbocycles. The molecule has 0 aliphatic heterocycles. The molecule has 1 unspecified atom stereocenters. The van der Waals surface area contributed by atoms with E-state index < -0.39 is 6.10 Å². The van der Waals surface area contributed by atoms with Crippen LogP contribution in [0.15, 0.2) is 36.5 Å². The van der Waals surface area contributed by atoms with E-state index in [1.54, 1.807) is 0 Å². The second-order valence-electron chi connectivity index (χ2n) is 24.5. The Labute approximate surface area is 499 Å². The summed E-state index contributed by atoms with van der Waals surface area (Å²) in [5.41, 5.74) is 0. The summed E-state index contributed by atoms with van der Waals surface area (Å²) < 4.78 is 17.0. The molecule has 1 atom stereocenters. The summed E-state index contributed by atoms with van der Waals surface area (Å²) in [6.07, 6.45) is 86.2. The third-order valence-electron chi connectivity index (χ3n) is 16.4. The Morgan fingerprint density at radius 1 is 0.250 bits per heavy atom. The van der Waals surface area contributed by atoms with Gasteiger partial charge in [-0.2, -0.15) is 0 Å². The Hall–Kier alpha value is -2.37. The highest BCUT2D eigenvalue weighted by Crippen LogP contribution is 2.19. The van der Waals surface area contributed by atoms with Crippen LogP contribution < -0.4 is 0 Å². The molecule has 0 aromatic rings. The van der Waals surface area contributed by atoms with Gasteiger partial charge in [0.05, 0.1) is 0 Å². The Morgan fingerprint density at radius 2 is 0.450 bits per heavy atom. The van der Waals surface area contributed by atoms with Gasteiger partial charge in [-0.1, -0.05) is 340 Å². The minimum Gasteiger partial charge on any atom is -0.462 e. The largest absolute Gasteiger partial charge is 0.462 e. The van der Waals surface area contributed by atoms with E-state index in [2.05, 4.69) is 57.2 Å². The molecule has 0 aromatic heterocycles. The maximum absolute atomic E-state index is 12.9. The molecule has 0 heterocycles. The van der Waals surface area contributed by atoms with Crippen molar-refractivity contribution in [1.29, 1.82) is 0 Å². The van der Waals surface area contributed by atoms with Gasteiger partial charge in [0, 0.05) is 19.3 Å². The SMILES string of the molecule is CCCCCC/C=C\C/C=C\CCCCCCCCCC(=O)OC(COC(=O)CCCCCCC/C=C\CCCCCC)COC(=O)CCCCCCCCCCCCCCCCCCCCCCCCCCCCCCCCC. The molecule has 0 saturated heterocycles. The predicted octanol–water partition coefficient (Wildman–Crippen LogP) is 24.7. The number of hydrogen-bond donors (Lipinski definition) is 0. The van der Waals surface area contributed by atoms with Crippen LogP contribution in [-0.4, -0.2) is 37.2 Å². The van der Waals surface area contributed by atoms with E-state index in [0.717, 1.165) is 77.0 Å². The number of rotatable bonds is 67. The van der Waals surface area contributed by atoms with Gasteiger partial charge in [0.1, 0.15) is 13.2 Å². The Bertz CT molecular complexity index is 1340. The van der Waals surface area contributed by atoms with Gasteiger partial charge in [0.2, 0.25) is 0 Å². The van der Waals surface area contributed by atoms with Gasteiger partial charge in [-0.05, 0) is 77.0 Å². The lowest BCUT2D eigenvalue weighted by Crippen LogP contribution is -2.30. The van der Waals surface area contributed by atoms with Crippen molar-refractivity contribution in [2.24, 2.45) is 0 Å². The number of allylic oxidation sites excluding steroid dienone is 6. The fourth-order valence-electron chi connectivity index (χ4n) is 10.9. The molecule has 80 heavy (non-hydrogen) atoms. The van der Waals surface area contributed by atoms with Crippen molar-refractivity contribution in [3.05, 3.63) is 36.5 Å². The molecule has 0 N–H and O–H groups in total. The first-order valence-electron chi connectivity index (χ1n) is 36.0. The molecular weight excluding hydrogens is 985 g/mol. The average Bonchev–Trinajstić information content (AvgIpc) is 3.46. The van der Waals surface area contributed by atoms with E-state index in [0.29, 0.717) is 19.3 Å². The fourth-order valence-corrected chi connectivity index (χ4v) is 10.9. The summed E-state index contributed by atoms with van der Waals surface area (Å²) in [4.78, 5) is 38.4. The van der Waals surface area contributed by atoms with Gasteiger partial charge < -0.3 is 14.2 Å². The predicted molar refractivity (Wildman–Crippen MR) is 349 cm³/mol. The lowest BCUT2D eigenvalue weighted by molar-refractivity contribution is -0.167. The molecule has 0 fully saturated rings. The van der Waals surface area contributed by atoms with E-state index in [9.17, 15) is 14.4 Å². The highest BCUT2D eigenvalue weighted by atomic mass is 16.6. The Balaban J connectivity index is 4.14. The van der Waals surface area contributed by atoms with Crippen molar-refractivity contribution in [2.75, 3.05) is 13.2 Å². The monoisotopic (exact) mass is 1120 g/mol. The summed E-state index contributed by atoms with van der Waals surface area (Å²) in [5.74, 6) is -0.865. The molecule has 0 spiro atoms. The number of esters is 3. The summed E-state index contributed by atoms with van der Waals surface area (Å²) in [7, 11) is 0. The molecule has 470 valence electrons. The van der Waals surface area contributed by atoms with Gasteiger partial charge in [0.15, 0.2) is 6.10 Å². The zero-order chi connectivity index (χ0) is 57.8. The summed E-state index contributed by atoms with van der Waals surface area (Å²) >= 11 is 0. The van der Waals surface area contributed by atoms with E-state index in [1.165, 1.54) is 283 Å². The highest BCUT2D eigenvalue weighted by molar-refractivity contribution is 5.71. The first kappa shape index (κ1) is 77.6. The summed E-state index contributed by atoms with van der Waals surface area (Å²) in [5, 5.41) is 0. The van der Waals surface area contributed by atoms with Crippen molar-refractivity contribution < 1.29 is 28.6 Å². The molecule has 6 nitrogen and oxygen atoms in total. The van der Waals surface area contributed by atoms with Crippen LogP contribution in [0.1, 0.15) is 400 Å². The molecule has 0 saturated carbocycles. The lowest BCUT2D eigenvalue weighted by Gasteiger charge is -2.18. The van der Waals surface area contributed by atoms with Gasteiger partial charge >= 0.3 is 17.9 Å². The van der Waals surface area contributed by atoms with E-state index in [4.69, 9.17) is 14.2 Å². The number of ether oxygens (including phenoxy) is 3. The topological polar surface area (TPSA) is 78.9 Å². The number of unbranched alkanes of at least 4 members (excludes halogenated alkanes) is 50. The average molecular weight is 1120 g/mol. The van der Waals surface area contributed by atoms with Crippen LogP contribution in [-0.2, 0) is 28.6 Å². The van der Waals surface area contributed by atoms with Crippen molar-refractivity contribution in [1.82, 2.24) is 0 Å². The Kier molecular flexibility index (Phi) is 67.1. The minimum atomic E-state index is -0.779. The molecule has 0 aliphatic rings. The number of carbonyl (C=O) groups excluding carboxylic acids is 3. The summed E-state index contributed by atoms with van der Waals surface area (Å²) in [6.45, 7) is 6.66. The lowest BCUT2D eigenvalue weighted by atomic mass is 10.0. The van der Waals surface area contributed by atoms with Crippen LogP contribution in [0.25, 0.3) is 0 Å². The van der Waals surface area contributed by atoms with Gasteiger partial charge in [0.25, 0.3) is 0 Å². The van der Waals surface area contributed by atoms with Gasteiger partial charge in [-0.3, -0.25) is 14.4 Å². The van der Waals surface area contributed by atoms with Crippen LogP contribution in [0.4, 0.5) is 0 Å². The van der Waals surface area contributed by atoms with Crippen molar-refractivity contribution in [3.8, 4) is 0 Å². The van der Waals surface area contributed by atoms with Crippen LogP contribution in [0.3, 0.4) is 0 Å². The van der Waals surface area contributed by atoms with E-state index in [-0.39, 0.29) is 31.1 Å². The second kappa shape index (κ2) is 69.1. The molecule has 0 aromatic carbocycles. The quantitative estimate of drug-likeness (QED) is 0.0261. The number of hydrogen-bond acceptors (Lipinski definition) is 6. The van der Waals surface area contributed by atoms with E-state index >= 15 is 0 Å². The molecule has 0 bridgehead atoms. The van der Waals surface area contributed by atoms with E-state index in [1.807, 2.05) is 0 Å². The molecule has 6 heteroatoms. The zero-order valence-corrected chi connectivity index (χ0v) is 54.1. The van der Waals surface area contributed by atoms with Crippen LogP contribution >= 0.6 is 0 Å². The molecular formula is C74H138O6. The molecule has 0 amide bonds. The fraction of sp³-hybridized carbons (Fsp3) is 0.878. The molecule has 0 rings (SSSR count). The first-order chi connectivity index (χ1) is 39.5. The standard InChI is InChI=1S/C74H138O6/c1-4-7-10-13-16-19-22-25-27-29-31-32-33-34-35-36-37-38-39-40-41-42-43-45-46-49-52-55-58-61-64-67-73(76)79-70-71(69-78-72(75)66-63-60-57-54-51-48-24-21-18-15-12-9-6-3)80-74(77)68-65-62-59-56-53-50-47-44-30-28-26-23-20-17-14-11-8-5-2/h20-21,23-24,28,30,71H,4-19,22,25-27,29,31-70H2,1-3H3/b23-20-,24-21-,30-28-.